The van der Waals surface area contributed by atoms with E-state index in [-0.39, 0.29) is 12.4 Å². The molecule has 19 heavy (non-hydrogen) atoms. The zero-order valence-corrected chi connectivity index (χ0v) is 10.1. The molecule has 1 unspecified atom stereocenters. The quantitative estimate of drug-likeness (QED) is 0.697. The normalized spacial score (nSPS) is 18.6. The van der Waals surface area contributed by atoms with E-state index in [1.54, 1.807) is 12.3 Å². The fraction of sp³-hybridized carbons (Fsp3) is 0.364. The van der Waals surface area contributed by atoms with Crippen molar-refractivity contribution in [3.05, 3.63) is 23.8 Å². The number of rotatable bonds is 2. The molecular formula is C11H10N4O4. The zero-order valence-electron chi connectivity index (χ0n) is 10.1. The number of ether oxygens (including phenoxy) is 2. The van der Waals surface area contributed by atoms with Gasteiger partial charge in [-0.3, -0.25) is 0 Å². The Kier molecular flexibility index (Phi) is 2.62. The van der Waals surface area contributed by atoms with E-state index in [0.717, 1.165) is 5.69 Å². The third kappa shape index (κ3) is 2.01. The van der Waals surface area contributed by atoms with Gasteiger partial charge in [0.2, 0.25) is 6.10 Å². The van der Waals surface area contributed by atoms with Crippen LogP contribution in [0.25, 0.3) is 5.78 Å². The number of aryl methyl sites for hydroxylation is 1. The second-order valence-electron chi connectivity index (χ2n) is 4.08. The average molecular weight is 262 g/mol. The molecule has 0 saturated carbocycles. The molecule has 3 heterocycles. The van der Waals surface area contributed by atoms with Crippen LogP contribution in [0.2, 0.25) is 0 Å². The first-order chi connectivity index (χ1) is 9.15. The summed E-state index contributed by atoms with van der Waals surface area (Å²) < 4.78 is 11.1. The number of cyclic esters (lactones) is 1. The number of hydrogen-bond donors (Lipinski definition) is 0. The lowest BCUT2D eigenvalue weighted by molar-refractivity contribution is -0.145. The molecule has 8 nitrogen and oxygen atoms in total. The van der Waals surface area contributed by atoms with Gasteiger partial charge < -0.3 is 9.47 Å². The third-order valence-electron chi connectivity index (χ3n) is 2.75. The van der Waals surface area contributed by atoms with Crippen LogP contribution >= 0.6 is 0 Å². The molecule has 1 fully saturated rings. The lowest BCUT2D eigenvalue weighted by Gasteiger charge is -2.04. The van der Waals surface area contributed by atoms with Crippen LogP contribution in [0.4, 0.5) is 0 Å². The first kappa shape index (κ1) is 11.6. The van der Waals surface area contributed by atoms with E-state index in [1.807, 2.05) is 6.92 Å². The molecule has 98 valence electrons. The summed E-state index contributed by atoms with van der Waals surface area (Å²) in [6.07, 6.45) is 1.06. The van der Waals surface area contributed by atoms with E-state index in [1.165, 1.54) is 4.52 Å². The number of nitrogens with zero attached hydrogens (tertiary/aromatic N) is 4. The monoisotopic (exact) mass is 262 g/mol. The Hall–Kier alpha value is -2.51. The molecule has 1 aliphatic rings. The number of hydrogen-bond acceptors (Lipinski definition) is 7. The number of esters is 2. The summed E-state index contributed by atoms with van der Waals surface area (Å²) in [7, 11) is 0. The van der Waals surface area contributed by atoms with Gasteiger partial charge in [0.25, 0.3) is 11.6 Å². The van der Waals surface area contributed by atoms with Gasteiger partial charge in [0.15, 0.2) is 0 Å². The molecule has 1 atom stereocenters. The molecule has 0 radical (unpaired) electrons. The number of aromatic nitrogens is 4. The molecule has 1 aliphatic heterocycles. The molecule has 2 aromatic rings. The molecule has 0 aliphatic carbocycles. The maximum absolute atomic E-state index is 11.8. The number of carbonyl (C=O) groups excluding carboxylic acids is 2. The van der Waals surface area contributed by atoms with Crippen molar-refractivity contribution in [3.63, 3.8) is 0 Å². The van der Waals surface area contributed by atoms with E-state index in [4.69, 9.17) is 9.47 Å². The Morgan fingerprint density at radius 2 is 2.42 bits per heavy atom. The van der Waals surface area contributed by atoms with Crippen molar-refractivity contribution in [1.82, 2.24) is 19.6 Å². The second-order valence-corrected chi connectivity index (χ2v) is 4.08. The van der Waals surface area contributed by atoms with Gasteiger partial charge in [-0.15, -0.1) is 5.10 Å². The van der Waals surface area contributed by atoms with E-state index >= 15 is 0 Å². The van der Waals surface area contributed by atoms with Crippen molar-refractivity contribution >= 4 is 17.7 Å². The lowest BCUT2D eigenvalue weighted by atomic mass is 10.3. The van der Waals surface area contributed by atoms with Gasteiger partial charge in [-0.1, -0.05) is 0 Å². The Morgan fingerprint density at radius 3 is 3.11 bits per heavy atom. The highest BCUT2D eigenvalue weighted by molar-refractivity contribution is 5.88. The maximum Gasteiger partial charge on any atom is 0.379 e. The standard InChI is InChI=1S/C11H10N4O4/c1-6-2-4-12-11-13-8(14-15(6)11)10(17)19-7-3-5-18-9(7)16/h2,4,7H,3,5H2,1H3. The Labute approximate surface area is 107 Å². The van der Waals surface area contributed by atoms with Crippen molar-refractivity contribution in [2.45, 2.75) is 19.4 Å². The van der Waals surface area contributed by atoms with Gasteiger partial charge in [-0.25, -0.2) is 19.1 Å². The second kappa shape index (κ2) is 4.30. The van der Waals surface area contributed by atoms with Crippen LogP contribution in [0.5, 0.6) is 0 Å². The summed E-state index contributed by atoms with van der Waals surface area (Å²) in [4.78, 5) is 31.0. The van der Waals surface area contributed by atoms with Crippen molar-refractivity contribution in [2.75, 3.05) is 6.61 Å². The van der Waals surface area contributed by atoms with Crippen molar-refractivity contribution in [2.24, 2.45) is 0 Å². The molecule has 0 bridgehead atoms. The van der Waals surface area contributed by atoms with E-state index in [2.05, 4.69) is 15.1 Å². The number of fused-ring (bicyclic) bond motifs is 1. The molecular weight excluding hydrogens is 252 g/mol. The van der Waals surface area contributed by atoms with Gasteiger partial charge in [-0.2, -0.15) is 4.98 Å². The summed E-state index contributed by atoms with van der Waals surface area (Å²) in [5.41, 5.74) is 0.789. The van der Waals surface area contributed by atoms with Crippen LogP contribution in [-0.2, 0) is 14.3 Å². The molecule has 2 aromatic heterocycles. The minimum Gasteiger partial charge on any atom is -0.463 e. The SMILES string of the molecule is Cc1ccnc2nc(C(=O)OC3CCOC3=O)nn12. The molecule has 0 spiro atoms. The fourth-order valence-electron chi connectivity index (χ4n) is 1.76. The largest absolute Gasteiger partial charge is 0.463 e. The minimum absolute atomic E-state index is 0.124. The molecule has 0 aromatic carbocycles. The highest BCUT2D eigenvalue weighted by atomic mass is 16.6. The van der Waals surface area contributed by atoms with E-state index in [9.17, 15) is 9.59 Å². The van der Waals surface area contributed by atoms with Crippen molar-refractivity contribution in [3.8, 4) is 0 Å². The fourth-order valence-corrected chi connectivity index (χ4v) is 1.76. The van der Waals surface area contributed by atoms with Crippen molar-refractivity contribution in [1.29, 1.82) is 0 Å². The Balaban J connectivity index is 1.85. The van der Waals surface area contributed by atoms with Gasteiger partial charge in [0, 0.05) is 18.3 Å². The summed E-state index contributed by atoms with van der Waals surface area (Å²) in [6, 6.07) is 1.74. The maximum atomic E-state index is 11.8. The Morgan fingerprint density at radius 1 is 1.58 bits per heavy atom. The summed E-state index contributed by atoms with van der Waals surface area (Å²) in [5.74, 6) is -1.11. The molecule has 3 rings (SSSR count). The minimum atomic E-state index is -0.867. The van der Waals surface area contributed by atoms with Gasteiger partial charge >= 0.3 is 11.9 Å². The van der Waals surface area contributed by atoms with Crippen molar-refractivity contribution < 1.29 is 19.1 Å². The predicted octanol–water partition coefficient (Wildman–Crippen LogP) is -0.0950. The predicted molar refractivity (Wildman–Crippen MR) is 60.3 cm³/mol. The van der Waals surface area contributed by atoms with Gasteiger partial charge in [0.1, 0.15) is 0 Å². The smallest absolute Gasteiger partial charge is 0.379 e. The van der Waals surface area contributed by atoms with E-state index < -0.39 is 18.0 Å². The van der Waals surface area contributed by atoms with Crippen LogP contribution in [0.15, 0.2) is 12.3 Å². The van der Waals surface area contributed by atoms with Gasteiger partial charge in [-0.05, 0) is 13.0 Å². The van der Waals surface area contributed by atoms with E-state index in [0.29, 0.717) is 12.2 Å². The third-order valence-corrected chi connectivity index (χ3v) is 2.75. The number of carbonyl (C=O) groups is 2. The van der Waals surface area contributed by atoms with Gasteiger partial charge in [0.05, 0.1) is 6.61 Å². The van der Waals surface area contributed by atoms with Crippen LogP contribution in [0.3, 0.4) is 0 Å². The van der Waals surface area contributed by atoms with Crippen LogP contribution in [0.1, 0.15) is 22.7 Å². The summed E-state index contributed by atoms with van der Waals surface area (Å²) in [5, 5.41) is 4.00. The van der Waals surface area contributed by atoms with Crippen LogP contribution in [0, 0.1) is 6.92 Å². The molecule has 8 heteroatoms. The molecule has 1 saturated heterocycles. The molecule has 0 N–H and O–H groups in total. The Bertz CT molecular complexity index is 666. The zero-order chi connectivity index (χ0) is 13.4. The average Bonchev–Trinajstić information content (AvgIpc) is 2.97. The van der Waals surface area contributed by atoms with Crippen LogP contribution < -0.4 is 0 Å². The first-order valence-corrected chi connectivity index (χ1v) is 5.71. The first-order valence-electron chi connectivity index (χ1n) is 5.71. The summed E-state index contributed by atoms with van der Waals surface area (Å²) >= 11 is 0. The highest BCUT2D eigenvalue weighted by Gasteiger charge is 2.31. The molecule has 0 amide bonds. The lowest BCUT2D eigenvalue weighted by Crippen LogP contribution is -2.23. The topological polar surface area (TPSA) is 95.7 Å². The van der Waals surface area contributed by atoms with Crippen LogP contribution in [-0.4, -0.2) is 44.2 Å². The summed E-state index contributed by atoms with van der Waals surface area (Å²) in [6.45, 7) is 2.07. The highest BCUT2D eigenvalue weighted by Crippen LogP contribution is 2.12.